The van der Waals surface area contributed by atoms with Gasteiger partial charge in [0.1, 0.15) is 10.8 Å². The van der Waals surface area contributed by atoms with E-state index in [0.29, 0.717) is 22.9 Å². The fraction of sp³-hybridized carbons (Fsp3) is 0.222. The molecule has 1 amide bonds. The van der Waals surface area contributed by atoms with Gasteiger partial charge in [0.25, 0.3) is 5.91 Å². The van der Waals surface area contributed by atoms with Crippen molar-refractivity contribution in [3.63, 3.8) is 0 Å². The minimum absolute atomic E-state index is 0.251. The molecule has 10 heteroatoms. The molecule has 0 bridgehead atoms. The third-order valence-corrected chi connectivity index (χ3v) is 5.43. The Kier molecular flexibility index (Phi) is 6.77. The van der Waals surface area contributed by atoms with Crippen molar-refractivity contribution in [1.29, 1.82) is 0 Å². The van der Waals surface area contributed by atoms with Crippen LogP contribution in [0.15, 0.2) is 40.9 Å². The number of methoxy groups -OCH3 is 1. The van der Waals surface area contributed by atoms with Gasteiger partial charge in [0.2, 0.25) is 0 Å². The predicted molar refractivity (Wildman–Crippen MR) is 106 cm³/mol. The number of amides is 1. The highest BCUT2D eigenvalue weighted by Gasteiger charge is 2.11. The van der Waals surface area contributed by atoms with E-state index in [9.17, 15) is 9.18 Å². The summed E-state index contributed by atoms with van der Waals surface area (Å²) >= 11 is 3.03. The molecule has 7 nitrogen and oxygen atoms in total. The zero-order valence-electron chi connectivity index (χ0n) is 15.1. The first-order valence-electron chi connectivity index (χ1n) is 8.17. The maximum absolute atomic E-state index is 13.2. The van der Waals surface area contributed by atoms with Crippen LogP contribution in [0.5, 0.6) is 11.5 Å². The highest BCUT2D eigenvalue weighted by molar-refractivity contribution is 8.00. The average molecular weight is 420 g/mol. The van der Waals surface area contributed by atoms with Crippen molar-refractivity contribution < 1.29 is 18.7 Å². The summed E-state index contributed by atoms with van der Waals surface area (Å²) < 4.78 is 24.9. The van der Waals surface area contributed by atoms with Crippen LogP contribution in [0.1, 0.15) is 10.7 Å². The van der Waals surface area contributed by atoms with Gasteiger partial charge in [-0.1, -0.05) is 29.2 Å². The van der Waals surface area contributed by atoms with Gasteiger partial charge >= 0.3 is 0 Å². The Labute approximate surface area is 169 Å². The Morgan fingerprint density at radius 2 is 2.14 bits per heavy atom. The summed E-state index contributed by atoms with van der Waals surface area (Å²) in [7, 11) is 1.50. The Morgan fingerprint density at radius 3 is 2.86 bits per heavy atom. The zero-order valence-corrected chi connectivity index (χ0v) is 16.8. The maximum Gasteiger partial charge on any atom is 0.262 e. The number of hydrogen-bond donors (Lipinski definition) is 1. The Hall–Kier alpha value is -2.72. The highest BCUT2D eigenvalue weighted by Crippen LogP contribution is 2.30. The standard InChI is InChI=1S/C18H17FN4O3S2/c1-11-22-23-18(28-11)27-10-14-7-15(16(25-2)8-20-14)26-9-17(24)21-13-5-3-4-12(19)6-13/h3-8H,9-10H2,1-2H3,(H,21,24). The van der Waals surface area contributed by atoms with E-state index < -0.39 is 11.7 Å². The van der Waals surface area contributed by atoms with E-state index in [1.165, 1.54) is 48.4 Å². The van der Waals surface area contributed by atoms with Crippen LogP contribution >= 0.6 is 23.1 Å². The number of nitrogens with zero attached hydrogens (tertiary/aromatic N) is 3. The van der Waals surface area contributed by atoms with Gasteiger partial charge in [-0.2, -0.15) is 0 Å². The van der Waals surface area contributed by atoms with E-state index in [1.807, 2.05) is 6.92 Å². The minimum atomic E-state index is -0.428. The molecule has 1 aromatic carbocycles. The number of nitrogens with one attached hydrogen (secondary N) is 1. The van der Waals surface area contributed by atoms with Gasteiger partial charge in [0, 0.05) is 17.5 Å². The fourth-order valence-electron chi connectivity index (χ4n) is 2.19. The van der Waals surface area contributed by atoms with E-state index >= 15 is 0 Å². The first kappa shape index (κ1) is 20.0. The fourth-order valence-corrected chi connectivity index (χ4v) is 3.91. The summed E-state index contributed by atoms with van der Waals surface area (Å²) in [6.07, 6.45) is 1.54. The average Bonchev–Trinajstić information content (AvgIpc) is 3.10. The molecule has 2 aromatic heterocycles. The largest absolute Gasteiger partial charge is 0.491 e. The number of aryl methyl sites for hydroxylation is 1. The molecule has 146 valence electrons. The van der Waals surface area contributed by atoms with Gasteiger partial charge in [-0.3, -0.25) is 9.78 Å². The van der Waals surface area contributed by atoms with Gasteiger partial charge < -0.3 is 14.8 Å². The van der Waals surface area contributed by atoms with Crippen molar-refractivity contribution in [3.05, 3.63) is 53.0 Å². The van der Waals surface area contributed by atoms with Crippen molar-refractivity contribution in [2.75, 3.05) is 19.0 Å². The summed E-state index contributed by atoms with van der Waals surface area (Å²) in [6, 6.07) is 7.36. The van der Waals surface area contributed by atoms with Crippen molar-refractivity contribution in [1.82, 2.24) is 15.2 Å². The Balaban J connectivity index is 1.60. The summed E-state index contributed by atoms with van der Waals surface area (Å²) in [5.41, 5.74) is 1.11. The third kappa shape index (κ3) is 5.64. The molecule has 0 aliphatic rings. The number of halogens is 1. The smallest absolute Gasteiger partial charge is 0.262 e. The van der Waals surface area contributed by atoms with Crippen molar-refractivity contribution in [2.24, 2.45) is 0 Å². The van der Waals surface area contributed by atoms with E-state index in [4.69, 9.17) is 9.47 Å². The topological polar surface area (TPSA) is 86.2 Å². The van der Waals surface area contributed by atoms with E-state index in [0.717, 1.165) is 15.0 Å². The van der Waals surface area contributed by atoms with Gasteiger partial charge in [0.15, 0.2) is 22.4 Å². The molecule has 0 spiro atoms. The van der Waals surface area contributed by atoms with Gasteiger partial charge in [-0.15, -0.1) is 10.2 Å². The number of aromatic nitrogens is 3. The van der Waals surface area contributed by atoms with Crippen molar-refractivity contribution >= 4 is 34.7 Å². The third-order valence-electron chi connectivity index (χ3n) is 3.43. The Morgan fingerprint density at radius 1 is 1.29 bits per heavy atom. The molecular formula is C18H17FN4O3S2. The van der Waals surface area contributed by atoms with Crippen LogP contribution in [-0.4, -0.2) is 34.8 Å². The number of rotatable bonds is 8. The van der Waals surface area contributed by atoms with Crippen LogP contribution in [0.2, 0.25) is 0 Å². The van der Waals surface area contributed by atoms with Crippen LogP contribution in [0.4, 0.5) is 10.1 Å². The molecule has 0 saturated heterocycles. The van der Waals surface area contributed by atoms with E-state index in [2.05, 4.69) is 20.5 Å². The van der Waals surface area contributed by atoms with Gasteiger partial charge in [-0.25, -0.2) is 4.39 Å². The number of pyridine rings is 1. The lowest BCUT2D eigenvalue weighted by atomic mass is 10.3. The zero-order chi connectivity index (χ0) is 19.9. The second kappa shape index (κ2) is 9.47. The molecule has 0 aliphatic heterocycles. The summed E-state index contributed by atoms with van der Waals surface area (Å²) in [5.74, 6) is 0.548. The molecule has 0 atom stereocenters. The first-order valence-corrected chi connectivity index (χ1v) is 9.97. The monoisotopic (exact) mass is 420 g/mol. The van der Waals surface area contributed by atoms with Crippen molar-refractivity contribution in [2.45, 2.75) is 17.0 Å². The van der Waals surface area contributed by atoms with Crippen molar-refractivity contribution in [3.8, 4) is 11.5 Å². The summed E-state index contributed by atoms with van der Waals surface area (Å²) in [4.78, 5) is 16.4. The molecule has 0 aliphatic carbocycles. The first-order chi connectivity index (χ1) is 13.5. The minimum Gasteiger partial charge on any atom is -0.491 e. The normalized spacial score (nSPS) is 10.5. The molecule has 0 radical (unpaired) electrons. The lowest BCUT2D eigenvalue weighted by molar-refractivity contribution is -0.118. The lowest BCUT2D eigenvalue weighted by Gasteiger charge is -2.12. The molecule has 0 unspecified atom stereocenters. The highest BCUT2D eigenvalue weighted by atomic mass is 32.2. The molecule has 0 fully saturated rings. The van der Waals surface area contributed by atoms with Crippen LogP contribution in [0, 0.1) is 12.7 Å². The molecule has 2 heterocycles. The number of hydrogen-bond acceptors (Lipinski definition) is 8. The second-order valence-electron chi connectivity index (χ2n) is 5.55. The van der Waals surface area contributed by atoms with E-state index in [1.54, 1.807) is 18.3 Å². The summed E-state index contributed by atoms with van der Waals surface area (Å²) in [6.45, 7) is 1.65. The number of ether oxygens (including phenoxy) is 2. The molecule has 3 rings (SSSR count). The number of carbonyl (C=O) groups excluding carboxylic acids is 1. The quantitative estimate of drug-likeness (QED) is 0.556. The SMILES string of the molecule is COc1cnc(CSc2nnc(C)s2)cc1OCC(=O)Nc1cccc(F)c1. The molecule has 0 saturated carbocycles. The van der Waals surface area contributed by atoms with Crippen LogP contribution < -0.4 is 14.8 Å². The molecule has 28 heavy (non-hydrogen) atoms. The number of anilines is 1. The number of carbonyl (C=O) groups is 1. The lowest BCUT2D eigenvalue weighted by Crippen LogP contribution is -2.20. The van der Waals surface area contributed by atoms with Crippen LogP contribution in [-0.2, 0) is 10.5 Å². The summed E-state index contributed by atoms with van der Waals surface area (Å²) in [5, 5.41) is 11.5. The molecule has 1 N–H and O–H groups in total. The maximum atomic E-state index is 13.2. The van der Waals surface area contributed by atoms with Crippen LogP contribution in [0.3, 0.4) is 0 Å². The Bertz CT molecular complexity index is 968. The molecule has 3 aromatic rings. The second-order valence-corrected chi connectivity index (χ2v) is 7.95. The van der Waals surface area contributed by atoms with Gasteiger partial charge in [-0.05, 0) is 25.1 Å². The number of benzene rings is 1. The van der Waals surface area contributed by atoms with E-state index in [-0.39, 0.29) is 6.61 Å². The van der Waals surface area contributed by atoms with Gasteiger partial charge in [0.05, 0.1) is 19.0 Å². The number of thioether (sulfide) groups is 1. The van der Waals surface area contributed by atoms with Crippen LogP contribution in [0.25, 0.3) is 0 Å². The molecular weight excluding hydrogens is 403 g/mol. The predicted octanol–water partition coefficient (Wildman–Crippen LogP) is 3.70.